The van der Waals surface area contributed by atoms with E-state index in [1.54, 1.807) is 0 Å². The van der Waals surface area contributed by atoms with E-state index in [1.165, 1.54) is 5.56 Å². The molecular weight excluding hydrogens is 296 g/mol. The van der Waals surface area contributed by atoms with Crippen LogP contribution in [0.4, 0.5) is 5.69 Å². The summed E-state index contributed by atoms with van der Waals surface area (Å²) in [6, 6.07) is 18.1. The topological polar surface area (TPSA) is 32.3 Å². The third kappa shape index (κ3) is 4.93. The predicted octanol–water partition coefficient (Wildman–Crippen LogP) is 4.52. The van der Waals surface area contributed by atoms with Gasteiger partial charge in [-0.05, 0) is 43.3 Å². The Morgan fingerprint density at radius 1 is 1.08 bits per heavy atom. The molecule has 0 spiro atoms. The zero-order valence-corrected chi connectivity index (χ0v) is 15.1. The van der Waals surface area contributed by atoms with Crippen LogP contribution in [-0.4, -0.2) is 24.9 Å². The van der Waals surface area contributed by atoms with E-state index in [-0.39, 0.29) is 17.7 Å². The van der Waals surface area contributed by atoms with Crippen LogP contribution in [0.15, 0.2) is 54.6 Å². The lowest BCUT2D eigenvalue weighted by Crippen LogP contribution is -2.26. The second kappa shape index (κ2) is 8.65. The van der Waals surface area contributed by atoms with Crippen LogP contribution in [0, 0.1) is 5.92 Å². The van der Waals surface area contributed by atoms with Crippen LogP contribution in [-0.2, 0) is 11.3 Å². The number of rotatable bonds is 7. The summed E-state index contributed by atoms with van der Waals surface area (Å²) in [5, 5.41) is 3.11. The molecule has 2 unspecified atom stereocenters. The first-order valence-corrected chi connectivity index (χ1v) is 8.60. The number of amides is 1. The fourth-order valence-corrected chi connectivity index (χ4v) is 2.97. The molecule has 3 heteroatoms. The van der Waals surface area contributed by atoms with Gasteiger partial charge in [-0.3, -0.25) is 4.79 Å². The smallest absolute Gasteiger partial charge is 0.232 e. The molecule has 1 amide bonds. The molecule has 0 aromatic heterocycles. The van der Waals surface area contributed by atoms with Crippen molar-refractivity contribution in [2.75, 3.05) is 19.4 Å². The van der Waals surface area contributed by atoms with E-state index in [2.05, 4.69) is 36.2 Å². The van der Waals surface area contributed by atoms with Crippen LogP contribution in [0.1, 0.15) is 37.3 Å². The molecule has 2 aromatic carbocycles. The van der Waals surface area contributed by atoms with Crippen LogP contribution in [0.3, 0.4) is 0 Å². The van der Waals surface area contributed by atoms with Crippen molar-refractivity contribution < 1.29 is 4.79 Å². The maximum atomic E-state index is 12.9. The molecule has 1 N–H and O–H groups in total. The lowest BCUT2D eigenvalue weighted by Gasteiger charge is -2.23. The van der Waals surface area contributed by atoms with Crippen molar-refractivity contribution in [2.24, 2.45) is 5.92 Å². The molecule has 24 heavy (non-hydrogen) atoms. The Morgan fingerprint density at radius 2 is 1.79 bits per heavy atom. The Hall–Kier alpha value is -2.13. The fraction of sp³-hybridized carbons (Fsp3) is 0.381. The molecule has 3 nitrogen and oxygen atoms in total. The van der Waals surface area contributed by atoms with Gasteiger partial charge in [0.1, 0.15) is 0 Å². The molecule has 0 fully saturated rings. The van der Waals surface area contributed by atoms with Crippen LogP contribution in [0.5, 0.6) is 0 Å². The summed E-state index contributed by atoms with van der Waals surface area (Å²) < 4.78 is 0. The monoisotopic (exact) mass is 324 g/mol. The van der Waals surface area contributed by atoms with Gasteiger partial charge in [0.15, 0.2) is 0 Å². The highest BCUT2D eigenvalue weighted by molar-refractivity contribution is 5.96. The van der Waals surface area contributed by atoms with Crippen molar-refractivity contribution >= 4 is 11.6 Å². The number of anilines is 1. The number of carbonyl (C=O) groups is 1. The molecule has 0 aliphatic heterocycles. The Kier molecular flexibility index (Phi) is 6.56. The number of hydrogen-bond donors (Lipinski definition) is 1. The first-order chi connectivity index (χ1) is 11.5. The SMILES string of the molecule is CCC(C)C(C(=O)Nc1cccc(CN(C)C)c1)c1ccccc1. The molecule has 0 saturated heterocycles. The van der Waals surface area contributed by atoms with E-state index in [0.717, 1.165) is 24.2 Å². The second-order valence-electron chi connectivity index (χ2n) is 6.70. The maximum Gasteiger partial charge on any atom is 0.232 e. The Morgan fingerprint density at radius 3 is 2.42 bits per heavy atom. The highest BCUT2D eigenvalue weighted by Crippen LogP contribution is 2.28. The zero-order chi connectivity index (χ0) is 17.5. The molecule has 0 heterocycles. The number of nitrogens with one attached hydrogen (secondary N) is 1. The highest BCUT2D eigenvalue weighted by atomic mass is 16.1. The quantitative estimate of drug-likeness (QED) is 0.812. The second-order valence-corrected chi connectivity index (χ2v) is 6.70. The van der Waals surface area contributed by atoms with Crippen molar-refractivity contribution in [3.63, 3.8) is 0 Å². The summed E-state index contributed by atoms with van der Waals surface area (Å²) in [5.74, 6) is 0.226. The summed E-state index contributed by atoms with van der Waals surface area (Å²) in [6.45, 7) is 5.13. The predicted molar refractivity (Wildman–Crippen MR) is 101 cm³/mol. The molecule has 0 aliphatic rings. The van der Waals surface area contributed by atoms with Gasteiger partial charge in [-0.15, -0.1) is 0 Å². The standard InChI is InChI=1S/C21H28N2O/c1-5-16(2)20(18-11-7-6-8-12-18)21(24)22-19-13-9-10-17(14-19)15-23(3)4/h6-14,16,20H,5,15H2,1-4H3,(H,22,24). The van der Waals surface area contributed by atoms with Crippen molar-refractivity contribution in [2.45, 2.75) is 32.7 Å². The zero-order valence-electron chi connectivity index (χ0n) is 15.1. The lowest BCUT2D eigenvalue weighted by atomic mass is 9.85. The minimum atomic E-state index is -0.131. The van der Waals surface area contributed by atoms with E-state index in [0.29, 0.717) is 0 Å². The lowest BCUT2D eigenvalue weighted by molar-refractivity contribution is -0.118. The van der Waals surface area contributed by atoms with E-state index in [1.807, 2.05) is 56.6 Å². The summed E-state index contributed by atoms with van der Waals surface area (Å²) in [7, 11) is 4.08. The summed E-state index contributed by atoms with van der Waals surface area (Å²) in [6.07, 6.45) is 0.966. The van der Waals surface area contributed by atoms with Crippen LogP contribution in [0.25, 0.3) is 0 Å². The van der Waals surface area contributed by atoms with E-state index in [4.69, 9.17) is 0 Å². The third-order valence-corrected chi connectivity index (χ3v) is 4.35. The Bertz CT molecular complexity index is 652. The first kappa shape index (κ1) is 18.2. The minimum absolute atomic E-state index is 0.0672. The average molecular weight is 324 g/mol. The Labute approximate surface area is 145 Å². The van der Waals surface area contributed by atoms with Gasteiger partial charge in [-0.25, -0.2) is 0 Å². The van der Waals surface area contributed by atoms with E-state index >= 15 is 0 Å². The van der Waals surface area contributed by atoms with E-state index < -0.39 is 0 Å². The number of benzene rings is 2. The van der Waals surface area contributed by atoms with Crippen LogP contribution < -0.4 is 5.32 Å². The molecule has 0 aliphatic carbocycles. The first-order valence-electron chi connectivity index (χ1n) is 8.60. The molecule has 0 bridgehead atoms. The fourth-order valence-electron chi connectivity index (χ4n) is 2.97. The minimum Gasteiger partial charge on any atom is -0.326 e. The summed E-state index contributed by atoms with van der Waals surface area (Å²) >= 11 is 0. The van der Waals surface area contributed by atoms with Crippen molar-refractivity contribution in [3.8, 4) is 0 Å². The number of hydrogen-bond acceptors (Lipinski definition) is 2. The summed E-state index contributed by atoms with van der Waals surface area (Å²) in [5.41, 5.74) is 3.13. The molecule has 2 rings (SSSR count). The average Bonchev–Trinajstić information content (AvgIpc) is 2.55. The van der Waals surface area contributed by atoms with Gasteiger partial charge in [0, 0.05) is 12.2 Å². The van der Waals surface area contributed by atoms with Gasteiger partial charge in [-0.1, -0.05) is 62.7 Å². The van der Waals surface area contributed by atoms with Crippen molar-refractivity contribution in [1.29, 1.82) is 0 Å². The van der Waals surface area contributed by atoms with Gasteiger partial charge in [0.2, 0.25) is 5.91 Å². The van der Waals surface area contributed by atoms with Crippen LogP contribution >= 0.6 is 0 Å². The van der Waals surface area contributed by atoms with Gasteiger partial charge in [0.25, 0.3) is 0 Å². The van der Waals surface area contributed by atoms with Crippen molar-refractivity contribution in [1.82, 2.24) is 4.90 Å². The normalized spacial score (nSPS) is 13.5. The van der Waals surface area contributed by atoms with Crippen LogP contribution in [0.2, 0.25) is 0 Å². The maximum absolute atomic E-state index is 12.9. The summed E-state index contributed by atoms with van der Waals surface area (Å²) in [4.78, 5) is 15.0. The van der Waals surface area contributed by atoms with Crippen molar-refractivity contribution in [3.05, 3.63) is 65.7 Å². The number of carbonyl (C=O) groups excluding carboxylic acids is 1. The molecule has 128 valence electrons. The molecule has 2 atom stereocenters. The molecule has 0 radical (unpaired) electrons. The van der Waals surface area contributed by atoms with Gasteiger partial charge in [0.05, 0.1) is 5.92 Å². The molecule has 0 saturated carbocycles. The molecule has 2 aromatic rings. The van der Waals surface area contributed by atoms with Gasteiger partial charge in [-0.2, -0.15) is 0 Å². The third-order valence-electron chi connectivity index (χ3n) is 4.35. The van der Waals surface area contributed by atoms with Gasteiger partial charge >= 0.3 is 0 Å². The highest BCUT2D eigenvalue weighted by Gasteiger charge is 2.25. The van der Waals surface area contributed by atoms with Gasteiger partial charge < -0.3 is 10.2 Å². The Balaban J connectivity index is 2.19. The number of nitrogens with zero attached hydrogens (tertiary/aromatic N) is 1. The largest absolute Gasteiger partial charge is 0.326 e. The van der Waals surface area contributed by atoms with E-state index in [9.17, 15) is 4.79 Å². The molecular formula is C21H28N2O.